The molecule has 0 saturated heterocycles. The van der Waals surface area contributed by atoms with Crippen molar-refractivity contribution in [1.82, 2.24) is 4.98 Å². The van der Waals surface area contributed by atoms with E-state index in [1.807, 2.05) is 24.3 Å². The number of benzene rings is 1. The summed E-state index contributed by atoms with van der Waals surface area (Å²) in [4.78, 5) is 14.7. The van der Waals surface area contributed by atoms with Crippen molar-refractivity contribution in [3.05, 3.63) is 39.9 Å². The zero-order chi connectivity index (χ0) is 14.7. The van der Waals surface area contributed by atoms with Crippen molar-refractivity contribution in [1.29, 1.82) is 0 Å². The maximum Gasteiger partial charge on any atom is 0.349 e. The molecular formula is C14H14ClNO3S. The second kappa shape index (κ2) is 6.24. The normalized spacial score (nSPS) is 12.2. The minimum absolute atomic E-state index is 0.0158. The molecule has 0 saturated carbocycles. The number of halogens is 1. The average molecular weight is 312 g/mol. The number of ether oxygens (including phenoxy) is 1. The van der Waals surface area contributed by atoms with Crippen LogP contribution >= 0.6 is 22.9 Å². The summed E-state index contributed by atoms with van der Waals surface area (Å²) in [6, 6.07) is 7.68. The van der Waals surface area contributed by atoms with Crippen LogP contribution in [0.3, 0.4) is 0 Å². The van der Waals surface area contributed by atoms with E-state index in [1.165, 1.54) is 5.56 Å². The second-order valence-electron chi connectivity index (χ2n) is 4.39. The molecule has 0 fully saturated rings. The molecule has 0 spiro atoms. The van der Waals surface area contributed by atoms with E-state index in [-0.39, 0.29) is 15.2 Å². The van der Waals surface area contributed by atoms with Gasteiger partial charge >= 0.3 is 5.97 Å². The molecule has 106 valence electrons. The molecule has 6 heteroatoms. The molecule has 1 unspecified atom stereocenters. The predicted molar refractivity (Wildman–Crippen MR) is 79.3 cm³/mol. The summed E-state index contributed by atoms with van der Waals surface area (Å²) in [5.41, 5.74) is 1.24. The summed E-state index contributed by atoms with van der Waals surface area (Å²) in [7, 11) is 0. The van der Waals surface area contributed by atoms with Crippen molar-refractivity contribution >= 4 is 28.9 Å². The van der Waals surface area contributed by atoms with E-state index < -0.39 is 5.97 Å². The third-order valence-electron chi connectivity index (χ3n) is 3.03. The Morgan fingerprint density at radius 2 is 2.10 bits per heavy atom. The topological polar surface area (TPSA) is 59.4 Å². The molecule has 1 aromatic heterocycles. The molecule has 4 nitrogen and oxygen atoms in total. The molecule has 2 rings (SSSR count). The third-order valence-corrected chi connectivity index (χ3v) is 4.33. The van der Waals surface area contributed by atoms with Gasteiger partial charge in [0.05, 0.1) is 0 Å². The van der Waals surface area contributed by atoms with Crippen LogP contribution in [0.25, 0.3) is 0 Å². The van der Waals surface area contributed by atoms with E-state index >= 15 is 0 Å². The number of hydrogen-bond donors (Lipinski definition) is 1. The first-order valence-electron chi connectivity index (χ1n) is 6.18. The monoisotopic (exact) mass is 311 g/mol. The molecule has 0 aliphatic carbocycles. The van der Waals surface area contributed by atoms with Crippen LogP contribution in [0.2, 0.25) is 5.15 Å². The van der Waals surface area contributed by atoms with Gasteiger partial charge in [0.2, 0.25) is 0 Å². The summed E-state index contributed by atoms with van der Waals surface area (Å²) in [5.74, 6) is 0.00541. The van der Waals surface area contributed by atoms with Gasteiger partial charge in [0.15, 0.2) is 10.0 Å². The fourth-order valence-corrected chi connectivity index (χ4v) is 2.65. The van der Waals surface area contributed by atoms with Crippen LogP contribution in [0.15, 0.2) is 24.3 Å². The first kappa shape index (κ1) is 14.8. The Labute approximate surface area is 126 Å². The molecule has 1 N–H and O–H groups in total. The number of aromatic carboxylic acids is 1. The van der Waals surface area contributed by atoms with E-state index in [1.54, 1.807) is 0 Å². The molecule has 0 aliphatic heterocycles. The highest BCUT2D eigenvalue weighted by molar-refractivity contribution is 7.15. The number of aromatic nitrogens is 1. The lowest BCUT2D eigenvalue weighted by Crippen LogP contribution is -1.91. The van der Waals surface area contributed by atoms with Crippen molar-refractivity contribution in [2.75, 3.05) is 0 Å². The van der Waals surface area contributed by atoms with E-state index in [2.05, 4.69) is 18.8 Å². The van der Waals surface area contributed by atoms with Crippen molar-refractivity contribution in [2.45, 2.75) is 26.2 Å². The number of carbonyl (C=O) groups is 1. The van der Waals surface area contributed by atoms with Crippen LogP contribution in [0.4, 0.5) is 0 Å². The second-order valence-corrected chi connectivity index (χ2v) is 5.70. The van der Waals surface area contributed by atoms with Gasteiger partial charge in [-0.25, -0.2) is 4.79 Å². The summed E-state index contributed by atoms with van der Waals surface area (Å²) < 4.78 is 5.52. The predicted octanol–water partition coefficient (Wildman–Crippen LogP) is 4.80. The summed E-state index contributed by atoms with van der Waals surface area (Å²) in [6.07, 6.45) is 1.07. The van der Waals surface area contributed by atoms with Gasteiger partial charge in [-0.2, -0.15) is 4.98 Å². The highest BCUT2D eigenvalue weighted by atomic mass is 35.5. The summed E-state index contributed by atoms with van der Waals surface area (Å²) in [6.45, 7) is 4.30. The Morgan fingerprint density at radius 1 is 1.45 bits per heavy atom. The van der Waals surface area contributed by atoms with E-state index in [0.29, 0.717) is 11.7 Å². The van der Waals surface area contributed by atoms with Gasteiger partial charge in [0.25, 0.3) is 5.19 Å². The van der Waals surface area contributed by atoms with Crippen LogP contribution in [0.5, 0.6) is 10.9 Å². The number of thiazole rings is 1. The number of carboxylic acids is 1. The van der Waals surface area contributed by atoms with Crippen LogP contribution in [-0.4, -0.2) is 16.1 Å². The fourth-order valence-electron chi connectivity index (χ4n) is 1.66. The van der Waals surface area contributed by atoms with Crippen molar-refractivity contribution in [3.8, 4) is 10.9 Å². The quantitative estimate of drug-likeness (QED) is 0.861. The Hall–Kier alpha value is -1.59. The van der Waals surface area contributed by atoms with Gasteiger partial charge < -0.3 is 9.84 Å². The molecule has 1 atom stereocenters. The highest BCUT2D eigenvalue weighted by Crippen LogP contribution is 2.32. The van der Waals surface area contributed by atoms with Crippen LogP contribution < -0.4 is 4.74 Å². The van der Waals surface area contributed by atoms with Gasteiger partial charge in [0.1, 0.15) is 5.75 Å². The average Bonchev–Trinajstić information content (AvgIpc) is 2.79. The van der Waals surface area contributed by atoms with Gasteiger partial charge in [-0.1, -0.05) is 48.9 Å². The first-order valence-corrected chi connectivity index (χ1v) is 7.38. The van der Waals surface area contributed by atoms with Gasteiger partial charge in [-0.3, -0.25) is 0 Å². The molecule has 1 aromatic carbocycles. The lowest BCUT2D eigenvalue weighted by atomic mass is 9.99. The van der Waals surface area contributed by atoms with Gasteiger partial charge in [-0.15, -0.1) is 0 Å². The Morgan fingerprint density at radius 3 is 2.60 bits per heavy atom. The van der Waals surface area contributed by atoms with Crippen LogP contribution in [0, 0.1) is 0 Å². The maximum absolute atomic E-state index is 10.9. The zero-order valence-electron chi connectivity index (χ0n) is 11.1. The number of hydrogen-bond acceptors (Lipinski definition) is 4. The Bertz CT molecular complexity index is 609. The maximum atomic E-state index is 10.9. The van der Waals surface area contributed by atoms with Crippen molar-refractivity contribution in [3.63, 3.8) is 0 Å². The zero-order valence-corrected chi connectivity index (χ0v) is 12.7. The van der Waals surface area contributed by atoms with E-state index in [0.717, 1.165) is 17.8 Å². The molecular weight excluding hydrogens is 298 g/mol. The van der Waals surface area contributed by atoms with Gasteiger partial charge in [0, 0.05) is 0 Å². The van der Waals surface area contributed by atoms with Crippen molar-refractivity contribution in [2.24, 2.45) is 0 Å². The smallest absolute Gasteiger partial charge is 0.349 e. The molecule has 0 amide bonds. The summed E-state index contributed by atoms with van der Waals surface area (Å²) >= 11 is 6.64. The molecule has 0 radical (unpaired) electrons. The minimum atomic E-state index is -1.10. The number of nitrogens with zero attached hydrogens (tertiary/aromatic N) is 1. The minimum Gasteiger partial charge on any atom is -0.477 e. The largest absolute Gasteiger partial charge is 0.477 e. The number of rotatable bonds is 5. The van der Waals surface area contributed by atoms with E-state index in [4.69, 9.17) is 21.4 Å². The lowest BCUT2D eigenvalue weighted by Gasteiger charge is -2.09. The number of carboxylic acid groups (broad SMARTS) is 1. The SMILES string of the molecule is CCC(C)c1ccc(Oc2nc(Cl)c(C(=O)O)s2)cc1. The van der Waals surface area contributed by atoms with Gasteiger partial charge in [-0.05, 0) is 30.0 Å². The van der Waals surface area contributed by atoms with Crippen molar-refractivity contribution < 1.29 is 14.6 Å². The Kier molecular flexibility index (Phi) is 4.62. The molecule has 0 bridgehead atoms. The Balaban J connectivity index is 2.14. The molecule has 0 aliphatic rings. The molecule has 1 heterocycles. The fraction of sp³-hybridized carbons (Fsp3) is 0.286. The highest BCUT2D eigenvalue weighted by Gasteiger charge is 2.17. The van der Waals surface area contributed by atoms with E-state index in [9.17, 15) is 4.79 Å². The van der Waals surface area contributed by atoms with Crippen LogP contribution in [0.1, 0.15) is 41.4 Å². The van der Waals surface area contributed by atoms with Crippen LogP contribution in [-0.2, 0) is 0 Å². The third kappa shape index (κ3) is 3.29. The molecule has 20 heavy (non-hydrogen) atoms. The molecule has 2 aromatic rings. The lowest BCUT2D eigenvalue weighted by molar-refractivity contribution is 0.0702. The first-order chi connectivity index (χ1) is 9.51. The summed E-state index contributed by atoms with van der Waals surface area (Å²) in [5, 5.41) is 9.08. The standard InChI is InChI=1S/C14H14ClNO3S/c1-3-8(2)9-4-6-10(7-5-9)19-14-16-12(15)11(20-14)13(17)18/h4-8H,3H2,1-2H3,(H,17,18).